The Kier molecular flexibility index (Phi) is 6.36. The van der Waals surface area contributed by atoms with Crippen LogP contribution in [0.2, 0.25) is 5.02 Å². The van der Waals surface area contributed by atoms with Crippen LogP contribution in [0.25, 0.3) is 0 Å². The van der Waals surface area contributed by atoms with Crippen molar-refractivity contribution in [2.24, 2.45) is 13.0 Å². The van der Waals surface area contributed by atoms with E-state index in [0.29, 0.717) is 42.6 Å². The first-order valence-corrected chi connectivity index (χ1v) is 11.0. The van der Waals surface area contributed by atoms with Gasteiger partial charge in [-0.1, -0.05) is 17.7 Å². The molecule has 0 unspecified atom stereocenters. The van der Waals surface area contributed by atoms with Gasteiger partial charge in [0.15, 0.2) is 0 Å². The second-order valence-corrected chi connectivity index (χ2v) is 8.54. The van der Waals surface area contributed by atoms with Gasteiger partial charge in [0.1, 0.15) is 5.56 Å². The minimum Gasteiger partial charge on any atom is -0.479 e. The first-order chi connectivity index (χ1) is 15.0. The normalized spacial score (nSPS) is 19.5. The highest BCUT2D eigenvalue weighted by Crippen LogP contribution is 2.25. The highest BCUT2D eigenvalue weighted by atomic mass is 35.5. The van der Waals surface area contributed by atoms with Crippen molar-refractivity contribution in [2.45, 2.75) is 12.8 Å². The number of likely N-dealkylation sites (tertiary alicyclic amines) is 1. The van der Waals surface area contributed by atoms with Gasteiger partial charge in [-0.05, 0) is 31.0 Å². The molecule has 0 spiro atoms. The molecule has 2 saturated heterocycles. The van der Waals surface area contributed by atoms with Crippen molar-refractivity contribution in [3.63, 3.8) is 0 Å². The number of methoxy groups -OCH3 is 1. The minimum absolute atomic E-state index is 0.131. The van der Waals surface area contributed by atoms with Crippen LogP contribution in [0.3, 0.4) is 0 Å². The van der Waals surface area contributed by atoms with E-state index in [4.69, 9.17) is 16.3 Å². The molecule has 8 nitrogen and oxygen atoms in total. The fraction of sp³-hybridized carbons (Fsp3) is 0.500. The summed E-state index contributed by atoms with van der Waals surface area (Å²) >= 11 is 6.11. The molecular weight excluding hydrogens is 418 g/mol. The lowest BCUT2D eigenvalue weighted by Crippen LogP contribution is -2.53. The van der Waals surface area contributed by atoms with Crippen molar-refractivity contribution in [1.82, 2.24) is 19.6 Å². The highest BCUT2D eigenvalue weighted by molar-refractivity contribution is 6.30. The van der Waals surface area contributed by atoms with Crippen LogP contribution in [-0.4, -0.2) is 77.8 Å². The molecule has 2 fully saturated rings. The zero-order chi connectivity index (χ0) is 22.0. The van der Waals surface area contributed by atoms with E-state index >= 15 is 0 Å². The summed E-state index contributed by atoms with van der Waals surface area (Å²) in [5.41, 5.74) is 1.52. The van der Waals surface area contributed by atoms with Gasteiger partial charge < -0.3 is 19.4 Å². The average molecular weight is 446 g/mol. The van der Waals surface area contributed by atoms with Crippen LogP contribution in [0.4, 0.5) is 5.69 Å². The molecular formula is C22H28ClN5O3. The van der Waals surface area contributed by atoms with Crippen molar-refractivity contribution < 1.29 is 14.3 Å². The fourth-order valence-electron chi connectivity index (χ4n) is 4.42. The van der Waals surface area contributed by atoms with Crippen molar-refractivity contribution in [1.29, 1.82) is 0 Å². The number of carbonyl (C=O) groups is 2. The number of piperazine rings is 1. The fourth-order valence-corrected chi connectivity index (χ4v) is 4.60. The molecule has 2 aromatic rings. The van der Waals surface area contributed by atoms with E-state index in [0.717, 1.165) is 31.6 Å². The lowest BCUT2D eigenvalue weighted by molar-refractivity contribution is -0.137. The Morgan fingerprint density at radius 3 is 2.61 bits per heavy atom. The van der Waals surface area contributed by atoms with Crippen molar-refractivity contribution >= 4 is 29.1 Å². The summed E-state index contributed by atoms with van der Waals surface area (Å²) in [4.78, 5) is 32.1. The zero-order valence-corrected chi connectivity index (χ0v) is 18.7. The summed E-state index contributed by atoms with van der Waals surface area (Å²) in [6.45, 7) is 3.97. The number of hydrogen-bond acceptors (Lipinski definition) is 5. The summed E-state index contributed by atoms with van der Waals surface area (Å²) in [6, 6.07) is 7.80. The van der Waals surface area contributed by atoms with Crippen LogP contribution in [0.15, 0.2) is 30.5 Å². The standard InChI is InChI=1S/C22H28ClN5O3/c1-25-15-19(20(24-25)31-2)22(30)28-8-4-5-16(14-28)21(29)27-11-9-26(10-12-27)18-7-3-6-17(23)13-18/h3,6-7,13,15-16H,4-5,8-12,14H2,1-2H3/t16-/m0/s1. The number of hydrogen-bond donors (Lipinski definition) is 0. The molecule has 9 heteroatoms. The van der Waals surface area contributed by atoms with Crippen LogP contribution in [-0.2, 0) is 11.8 Å². The summed E-state index contributed by atoms with van der Waals surface area (Å²) < 4.78 is 6.80. The molecule has 1 aromatic carbocycles. The first kappa shape index (κ1) is 21.5. The number of anilines is 1. The average Bonchev–Trinajstić information content (AvgIpc) is 3.19. The number of carbonyl (C=O) groups excluding carboxylic acids is 2. The number of piperidine rings is 1. The van der Waals surface area contributed by atoms with E-state index in [1.54, 1.807) is 22.8 Å². The lowest BCUT2D eigenvalue weighted by Gasteiger charge is -2.39. The van der Waals surface area contributed by atoms with Crippen molar-refractivity contribution in [3.05, 3.63) is 41.0 Å². The van der Waals surface area contributed by atoms with Crippen LogP contribution in [0.5, 0.6) is 5.88 Å². The van der Waals surface area contributed by atoms with Gasteiger partial charge in [-0.15, -0.1) is 5.10 Å². The molecule has 3 heterocycles. The molecule has 166 valence electrons. The number of benzene rings is 1. The van der Waals surface area contributed by atoms with Crippen LogP contribution in [0.1, 0.15) is 23.2 Å². The second-order valence-electron chi connectivity index (χ2n) is 8.11. The zero-order valence-electron chi connectivity index (χ0n) is 18.0. The van der Waals surface area contributed by atoms with E-state index in [9.17, 15) is 9.59 Å². The number of halogens is 1. The topological polar surface area (TPSA) is 70.9 Å². The molecule has 2 aliphatic rings. The van der Waals surface area contributed by atoms with Crippen molar-refractivity contribution in [3.8, 4) is 5.88 Å². The molecule has 1 atom stereocenters. The molecule has 0 aliphatic carbocycles. The van der Waals surface area contributed by atoms with Gasteiger partial charge in [0.05, 0.1) is 13.0 Å². The Bertz CT molecular complexity index is 954. The molecule has 0 N–H and O–H groups in total. The smallest absolute Gasteiger partial charge is 0.260 e. The number of ether oxygens (including phenoxy) is 1. The Labute approximate surface area is 187 Å². The van der Waals surface area contributed by atoms with Gasteiger partial charge in [0.2, 0.25) is 11.8 Å². The monoisotopic (exact) mass is 445 g/mol. The second kappa shape index (κ2) is 9.18. The van der Waals surface area contributed by atoms with E-state index in [2.05, 4.69) is 10.00 Å². The predicted molar refractivity (Wildman–Crippen MR) is 119 cm³/mol. The third kappa shape index (κ3) is 4.63. The van der Waals surface area contributed by atoms with Crippen LogP contribution in [0, 0.1) is 5.92 Å². The third-order valence-electron chi connectivity index (χ3n) is 6.04. The molecule has 4 rings (SSSR count). The quantitative estimate of drug-likeness (QED) is 0.722. The van der Waals surface area contributed by atoms with E-state index in [-0.39, 0.29) is 17.7 Å². The number of nitrogens with zero attached hydrogens (tertiary/aromatic N) is 5. The molecule has 31 heavy (non-hydrogen) atoms. The molecule has 0 radical (unpaired) electrons. The van der Waals surface area contributed by atoms with Gasteiger partial charge >= 0.3 is 0 Å². The Morgan fingerprint density at radius 2 is 1.90 bits per heavy atom. The number of rotatable bonds is 4. The Balaban J connectivity index is 1.36. The minimum atomic E-state index is -0.168. The Hall–Kier alpha value is -2.74. The van der Waals surface area contributed by atoms with E-state index in [1.807, 2.05) is 29.2 Å². The van der Waals surface area contributed by atoms with Gasteiger partial charge in [-0.2, -0.15) is 0 Å². The van der Waals surface area contributed by atoms with Crippen molar-refractivity contribution in [2.75, 3.05) is 51.3 Å². The largest absolute Gasteiger partial charge is 0.479 e. The van der Waals surface area contributed by atoms with Gasteiger partial charge in [0, 0.05) is 63.2 Å². The van der Waals surface area contributed by atoms with Crippen LogP contribution < -0.4 is 9.64 Å². The summed E-state index contributed by atoms with van der Waals surface area (Å²) in [5, 5.41) is 4.88. The van der Waals surface area contributed by atoms with Gasteiger partial charge in [-0.25, -0.2) is 0 Å². The van der Waals surface area contributed by atoms with Gasteiger partial charge in [0.25, 0.3) is 5.91 Å². The van der Waals surface area contributed by atoms with Crippen LogP contribution >= 0.6 is 11.6 Å². The maximum absolute atomic E-state index is 13.2. The maximum atomic E-state index is 13.2. The molecule has 2 amide bonds. The van der Waals surface area contributed by atoms with E-state index in [1.165, 1.54) is 7.11 Å². The molecule has 0 saturated carbocycles. The Morgan fingerprint density at radius 1 is 1.13 bits per heavy atom. The molecule has 2 aliphatic heterocycles. The lowest BCUT2D eigenvalue weighted by atomic mass is 9.95. The maximum Gasteiger partial charge on any atom is 0.260 e. The molecule has 0 bridgehead atoms. The van der Waals surface area contributed by atoms with E-state index < -0.39 is 0 Å². The number of amides is 2. The highest BCUT2D eigenvalue weighted by Gasteiger charge is 2.34. The molecule has 1 aromatic heterocycles. The SMILES string of the molecule is COc1nn(C)cc1C(=O)N1CCC[C@H](C(=O)N2CCN(c3cccc(Cl)c3)CC2)C1. The van der Waals surface area contributed by atoms with Gasteiger partial charge in [-0.3, -0.25) is 14.3 Å². The first-order valence-electron chi connectivity index (χ1n) is 10.6. The summed E-state index contributed by atoms with van der Waals surface area (Å²) in [6.07, 6.45) is 3.29. The number of aromatic nitrogens is 2. The summed E-state index contributed by atoms with van der Waals surface area (Å²) in [5.74, 6) is 0.158. The number of aryl methyl sites for hydroxylation is 1. The third-order valence-corrected chi connectivity index (χ3v) is 6.28. The predicted octanol–water partition coefficient (Wildman–Crippen LogP) is 2.28. The summed E-state index contributed by atoms with van der Waals surface area (Å²) in [7, 11) is 3.26.